The van der Waals surface area contributed by atoms with Crippen molar-refractivity contribution in [3.05, 3.63) is 30.6 Å². The molecule has 0 aliphatic carbocycles. The molecular formula is C13H17N3O2. The van der Waals surface area contributed by atoms with Gasteiger partial charge in [0.1, 0.15) is 11.5 Å². The lowest BCUT2D eigenvalue weighted by Crippen LogP contribution is -2.50. The van der Waals surface area contributed by atoms with E-state index in [0.717, 1.165) is 11.5 Å². The number of aliphatic hydroxyl groups excluding tert-OH is 1. The number of morpholine rings is 1. The molecule has 0 amide bonds. The monoisotopic (exact) mass is 247 g/mol. The summed E-state index contributed by atoms with van der Waals surface area (Å²) in [5, 5.41) is 9.24. The topological polar surface area (TPSA) is 50.0 Å². The highest BCUT2D eigenvalue weighted by molar-refractivity contribution is 5.52. The van der Waals surface area contributed by atoms with Crippen LogP contribution in [0.5, 0.6) is 0 Å². The second-order valence-electron chi connectivity index (χ2n) is 4.68. The van der Waals surface area contributed by atoms with Crippen LogP contribution in [-0.2, 0) is 4.74 Å². The Balaban J connectivity index is 1.99. The van der Waals surface area contributed by atoms with E-state index in [1.807, 2.05) is 18.3 Å². The molecule has 2 aromatic heterocycles. The molecule has 1 fully saturated rings. The summed E-state index contributed by atoms with van der Waals surface area (Å²) in [5.41, 5.74) is 0.937. The van der Waals surface area contributed by atoms with Crippen molar-refractivity contribution in [1.82, 2.24) is 9.38 Å². The summed E-state index contributed by atoms with van der Waals surface area (Å²) < 4.78 is 7.63. The van der Waals surface area contributed by atoms with Crippen LogP contribution in [0, 0.1) is 0 Å². The van der Waals surface area contributed by atoms with Crippen molar-refractivity contribution in [2.75, 3.05) is 24.7 Å². The minimum absolute atomic E-state index is 0.0587. The second-order valence-corrected chi connectivity index (χ2v) is 4.68. The fourth-order valence-corrected chi connectivity index (χ4v) is 2.41. The van der Waals surface area contributed by atoms with Gasteiger partial charge in [0.2, 0.25) is 0 Å². The Bertz CT molecular complexity index is 540. The Hall–Kier alpha value is -1.59. The first-order valence-corrected chi connectivity index (χ1v) is 6.21. The molecule has 0 bridgehead atoms. The van der Waals surface area contributed by atoms with Crippen molar-refractivity contribution in [2.45, 2.75) is 19.1 Å². The fourth-order valence-electron chi connectivity index (χ4n) is 2.41. The fraction of sp³-hybridized carbons (Fsp3) is 0.462. The SMILES string of the molecule is CC1COC(CO)CN1c1cccc2nccn12. The van der Waals surface area contributed by atoms with Crippen molar-refractivity contribution in [1.29, 1.82) is 0 Å². The highest BCUT2D eigenvalue weighted by atomic mass is 16.5. The number of rotatable bonds is 2. The summed E-state index contributed by atoms with van der Waals surface area (Å²) in [6.45, 7) is 3.53. The zero-order valence-electron chi connectivity index (χ0n) is 10.4. The summed E-state index contributed by atoms with van der Waals surface area (Å²) in [5.74, 6) is 1.10. The van der Waals surface area contributed by atoms with Gasteiger partial charge in [-0.1, -0.05) is 6.07 Å². The lowest BCUT2D eigenvalue weighted by molar-refractivity contribution is -0.0106. The summed E-state index contributed by atoms with van der Waals surface area (Å²) in [6, 6.07) is 6.36. The van der Waals surface area contributed by atoms with Crippen LogP contribution in [0.15, 0.2) is 30.6 Å². The van der Waals surface area contributed by atoms with Crippen LogP contribution < -0.4 is 4.90 Å². The Morgan fingerprint density at radius 1 is 1.50 bits per heavy atom. The maximum absolute atomic E-state index is 9.24. The molecule has 5 heteroatoms. The number of hydrogen-bond donors (Lipinski definition) is 1. The van der Waals surface area contributed by atoms with Gasteiger partial charge in [-0.3, -0.25) is 4.40 Å². The number of imidazole rings is 1. The number of anilines is 1. The first-order valence-electron chi connectivity index (χ1n) is 6.21. The van der Waals surface area contributed by atoms with Gasteiger partial charge in [0, 0.05) is 18.9 Å². The first-order chi connectivity index (χ1) is 8.79. The van der Waals surface area contributed by atoms with Crippen LogP contribution in [0.3, 0.4) is 0 Å². The summed E-state index contributed by atoms with van der Waals surface area (Å²) in [4.78, 5) is 6.56. The molecule has 3 rings (SSSR count). The Morgan fingerprint density at radius 2 is 2.39 bits per heavy atom. The zero-order valence-corrected chi connectivity index (χ0v) is 10.4. The summed E-state index contributed by atoms with van der Waals surface area (Å²) in [6.07, 6.45) is 3.65. The van der Waals surface area contributed by atoms with Crippen molar-refractivity contribution >= 4 is 11.5 Å². The third-order valence-electron chi connectivity index (χ3n) is 3.41. The number of hydrogen-bond acceptors (Lipinski definition) is 4. The minimum Gasteiger partial charge on any atom is -0.394 e. The van der Waals surface area contributed by atoms with Gasteiger partial charge in [-0.15, -0.1) is 0 Å². The molecule has 0 aromatic carbocycles. The quantitative estimate of drug-likeness (QED) is 0.857. The van der Waals surface area contributed by atoms with Crippen molar-refractivity contribution in [2.24, 2.45) is 0 Å². The molecule has 5 nitrogen and oxygen atoms in total. The molecule has 2 aromatic rings. The van der Waals surface area contributed by atoms with Crippen LogP contribution in [0.25, 0.3) is 5.65 Å². The van der Waals surface area contributed by atoms with Gasteiger partial charge < -0.3 is 14.7 Å². The van der Waals surface area contributed by atoms with E-state index >= 15 is 0 Å². The van der Waals surface area contributed by atoms with E-state index in [-0.39, 0.29) is 12.7 Å². The number of aromatic nitrogens is 2. The highest BCUT2D eigenvalue weighted by Gasteiger charge is 2.26. The number of fused-ring (bicyclic) bond motifs is 1. The lowest BCUT2D eigenvalue weighted by atomic mass is 10.2. The maximum atomic E-state index is 9.24. The molecule has 1 N–H and O–H groups in total. The van der Waals surface area contributed by atoms with Gasteiger partial charge in [0.15, 0.2) is 0 Å². The summed E-state index contributed by atoms with van der Waals surface area (Å²) >= 11 is 0. The number of nitrogens with zero attached hydrogens (tertiary/aromatic N) is 3. The Labute approximate surface area is 106 Å². The van der Waals surface area contributed by atoms with Crippen LogP contribution >= 0.6 is 0 Å². The molecule has 1 aliphatic heterocycles. The van der Waals surface area contributed by atoms with E-state index in [4.69, 9.17) is 4.74 Å². The lowest BCUT2D eigenvalue weighted by Gasteiger charge is -2.39. The van der Waals surface area contributed by atoms with E-state index in [9.17, 15) is 5.11 Å². The van der Waals surface area contributed by atoms with Crippen molar-refractivity contribution in [3.63, 3.8) is 0 Å². The third kappa shape index (κ3) is 1.85. The predicted octanol–water partition coefficient (Wildman–Crippen LogP) is 0.920. The molecule has 18 heavy (non-hydrogen) atoms. The molecule has 1 saturated heterocycles. The first kappa shape index (κ1) is 11.5. The smallest absolute Gasteiger partial charge is 0.138 e. The molecule has 0 radical (unpaired) electrons. The molecule has 2 unspecified atom stereocenters. The van der Waals surface area contributed by atoms with Gasteiger partial charge >= 0.3 is 0 Å². The highest BCUT2D eigenvalue weighted by Crippen LogP contribution is 2.22. The van der Waals surface area contributed by atoms with E-state index in [0.29, 0.717) is 19.2 Å². The molecule has 2 atom stereocenters. The Morgan fingerprint density at radius 3 is 3.22 bits per heavy atom. The molecule has 3 heterocycles. The normalized spacial score (nSPS) is 24.7. The molecule has 1 aliphatic rings. The molecule has 0 spiro atoms. The minimum atomic E-state index is -0.111. The van der Waals surface area contributed by atoms with Gasteiger partial charge in [0.05, 0.1) is 25.4 Å². The van der Waals surface area contributed by atoms with Gasteiger partial charge in [-0.25, -0.2) is 4.98 Å². The average Bonchev–Trinajstić information content (AvgIpc) is 2.87. The second kappa shape index (κ2) is 4.59. The van der Waals surface area contributed by atoms with Gasteiger partial charge in [-0.05, 0) is 19.1 Å². The molecule has 0 saturated carbocycles. The van der Waals surface area contributed by atoms with Crippen LogP contribution in [0.2, 0.25) is 0 Å². The molecule has 96 valence electrons. The van der Waals surface area contributed by atoms with Crippen LogP contribution in [0.1, 0.15) is 6.92 Å². The largest absolute Gasteiger partial charge is 0.394 e. The number of pyridine rings is 1. The Kier molecular flexibility index (Phi) is 2.93. The van der Waals surface area contributed by atoms with Crippen LogP contribution in [-0.4, -0.2) is 46.4 Å². The van der Waals surface area contributed by atoms with E-state index in [2.05, 4.69) is 27.3 Å². The standard InChI is InChI=1S/C13H17N3O2/c1-10-9-18-11(8-17)7-16(10)13-4-2-3-12-14-5-6-15(12)13/h2-6,10-11,17H,7-9H2,1H3. The molecular weight excluding hydrogens is 230 g/mol. The van der Waals surface area contributed by atoms with Crippen molar-refractivity contribution < 1.29 is 9.84 Å². The van der Waals surface area contributed by atoms with Gasteiger partial charge in [-0.2, -0.15) is 0 Å². The van der Waals surface area contributed by atoms with E-state index in [1.54, 1.807) is 6.20 Å². The van der Waals surface area contributed by atoms with Crippen LogP contribution in [0.4, 0.5) is 5.82 Å². The zero-order chi connectivity index (χ0) is 12.5. The maximum Gasteiger partial charge on any atom is 0.138 e. The average molecular weight is 247 g/mol. The van der Waals surface area contributed by atoms with E-state index < -0.39 is 0 Å². The van der Waals surface area contributed by atoms with E-state index in [1.165, 1.54) is 0 Å². The van der Waals surface area contributed by atoms with Crippen molar-refractivity contribution in [3.8, 4) is 0 Å². The third-order valence-corrected chi connectivity index (χ3v) is 3.41. The van der Waals surface area contributed by atoms with Gasteiger partial charge in [0.25, 0.3) is 0 Å². The number of aliphatic hydroxyl groups is 1. The predicted molar refractivity (Wildman–Crippen MR) is 68.8 cm³/mol. The summed E-state index contributed by atoms with van der Waals surface area (Å²) in [7, 11) is 0. The number of ether oxygens (including phenoxy) is 1.